The van der Waals surface area contributed by atoms with Gasteiger partial charge in [0.05, 0.1) is 0 Å². The maximum absolute atomic E-state index is 4.58. The van der Waals surface area contributed by atoms with E-state index in [1.165, 1.54) is 18.5 Å². The Labute approximate surface area is 85.0 Å². The molecular formula is C11H17N3. The van der Waals surface area contributed by atoms with E-state index in [1.54, 1.807) is 0 Å². The van der Waals surface area contributed by atoms with Gasteiger partial charge in [-0.25, -0.2) is 9.97 Å². The fourth-order valence-electron chi connectivity index (χ4n) is 1.59. The van der Waals surface area contributed by atoms with Crippen LogP contribution in [-0.4, -0.2) is 23.6 Å². The predicted octanol–water partition coefficient (Wildman–Crippen LogP) is 1.42. The minimum absolute atomic E-state index is 0.727. The van der Waals surface area contributed by atoms with Gasteiger partial charge < -0.3 is 5.32 Å². The highest BCUT2D eigenvalue weighted by molar-refractivity contribution is 5.18. The van der Waals surface area contributed by atoms with E-state index in [9.17, 15) is 0 Å². The molecular weight excluding hydrogens is 174 g/mol. The van der Waals surface area contributed by atoms with Gasteiger partial charge in [-0.1, -0.05) is 0 Å². The second-order valence-corrected chi connectivity index (χ2v) is 3.98. The molecule has 0 amide bonds. The molecule has 1 saturated carbocycles. The van der Waals surface area contributed by atoms with Gasteiger partial charge in [-0.3, -0.25) is 0 Å². The molecule has 0 aliphatic heterocycles. The van der Waals surface area contributed by atoms with E-state index >= 15 is 0 Å². The molecule has 0 aromatic carbocycles. The van der Waals surface area contributed by atoms with Crippen molar-refractivity contribution in [1.82, 2.24) is 15.3 Å². The Balaban J connectivity index is 2.13. The molecule has 0 saturated heterocycles. The first kappa shape index (κ1) is 9.59. The van der Waals surface area contributed by atoms with Crippen LogP contribution >= 0.6 is 0 Å². The first-order chi connectivity index (χ1) is 6.79. The van der Waals surface area contributed by atoms with Crippen molar-refractivity contribution in [3.05, 3.63) is 23.3 Å². The van der Waals surface area contributed by atoms with E-state index in [0.29, 0.717) is 0 Å². The molecule has 0 spiro atoms. The van der Waals surface area contributed by atoms with Crippen molar-refractivity contribution in [3.8, 4) is 0 Å². The number of aromatic nitrogens is 2. The summed E-state index contributed by atoms with van der Waals surface area (Å²) in [7, 11) is 1.96. The van der Waals surface area contributed by atoms with E-state index in [1.807, 2.05) is 7.05 Å². The fourth-order valence-corrected chi connectivity index (χ4v) is 1.59. The third kappa shape index (κ3) is 2.29. The third-order valence-electron chi connectivity index (χ3n) is 2.51. The lowest BCUT2D eigenvalue weighted by atomic mass is 10.2. The van der Waals surface area contributed by atoms with Crippen molar-refractivity contribution in [2.75, 3.05) is 13.6 Å². The molecule has 1 aromatic rings. The van der Waals surface area contributed by atoms with Gasteiger partial charge in [0.1, 0.15) is 5.82 Å². The lowest BCUT2D eigenvalue weighted by Crippen LogP contribution is -2.13. The molecule has 1 aliphatic carbocycles. The maximum atomic E-state index is 4.58. The highest BCUT2D eigenvalue weighted by atomic mass is 14.9. The van der Waals surface area contributed by atoms with Crippen molar-refractivity contribution in [2.24, 2.45) is 0 Å². The number of nitrogens with one attached hydrogen (secondary N) is 1. The average Bonchev–Trinajstić information content (AvgIpc) is 2.97. The van der Waals surface area contributed by atoms with Crippen LogP contribution in [0.2, 0.25) is 0 Å². The molecule has 1 fully saturated rings. The Morgan fingerprint density at radius 1 is 1.43 bits per heavy atom. The average molecular weight is 191 g/mol. The third-order valence-corrected chi connectivity index (χ3v) is 2.51. The van der Waals surface area contributed by atoms with E-state index in [2.05, 4.69) is 28.3 Å². The summed E-state index contributed by atoms with van der Waals surface area (Å²) in [6, 6.07) is 2.13. The van der Waals surface area contributed by atoms with Crippen LogP contribution in [0.25, 0.3) is 0 Å². The van der Waals surface area contributed by atoms with E-state index in [4.69, 9.17) is 0 Å². The monoisotopic (exact) mass is 191 g/mol. The van der Waals surface area contributed by atoms with E-state index in [0.717, 1.165) is 30.4 Å². The Hall–Kier alpha value is -0.960. The smallest absolute Gasteiger partial charge is 0.130 e. The van der Waals surface area contributed by atoms with Crippen molar-refractivity contribution in [1.29, 1.82) is 0 Å². The number of rotatable bonds is 4. The minimum atomic E-state index is 0.727. The summed E-state index contributed by atoms with van der Waals surface area (Å²) >= 11 is 0. The van der Waals surface area contributed by atoms with Crippen molar-refractivity contribution in [2.45, 2.75) is 32.1 Å². The summed E-state index contributed by atoms with van der Waals surface area (Å²) in [5.74, 6) is 1.71. The summed E-state index contributed by atoms with van der Waals surface area (Å²) in [5.41, 5.74) is 2.36. The lowest BCUT2D eigenvalue weighted by Gasteiger charge is -2.04. The van der Waals surface area contributed by atoms with Crippen LogP contribution in [0, 0.1) is 6.92 Å². The Morgan fingerprint density at radius 2 is 2.21 bits per heavy atom. The molecule has 1 aromatic heterocycles. The summed E-state index contributed by atoms with van der Waals surface area (Å²) in [6.45, 7) is 3.00. The molecule has 76 valence electrons. The minimum Gasteiger partial charge on any atom is -0.319 e. The Kier molecular flexibility index (Phi) is 2.77. The SMILES string of the molecule is CNCCc1nc(C)cc(C2CC2)n1. The molecule has 3 heteroatoms. The first-order valence-corrected chi connectivity index (χ1v) is 5.28. The second kappa shape index (κ2) is 4.05. The summed E-state index contributed by atoms with van der Waals surface area (Å²) in [4.78, 5) is 9.01. The van der Waals surface area contributed by atoms with Gasteiger partial charge >= 0.3 is 0 Å². The summed E-state index contributed by atoms with van der Waals surface area (Å²) in [6.07, 6.45) is 3.54. The molecule has 1 heterocycles. The summed E-state index contributed by atoms with van der Waals surface area (Å²) < 4.78 is 0. The van der Waals surface area contributed by atoms with Gasteiger partial charge in [-0.2, -0.15) is 0 Å². The molecule has 1 N–H and O–H groups in total. The number of nitrogens with zero attached hydrogens (tertiary/aromatic N) is 2. The van der Waals surface area contributed by atoms with Crippen molar-refractivity contribution >= 4 is 0 Å². The molecule has 14 heavy (non-hydrogen) atoms. The molecule has 2 rings (SSSR count). The second-order valence-electron chi connectivity index (χ2n) is 3.98. The van der Waals surface area contributed by atoms with Gasteiger partial charge in [-0.15, -0.1) is 0 Å². The van der Waals surface area contributed by atoms with Crippen LogP contribution in [0.4, 0.5) is 0 Å². The first-order valence-electron chi connectivity index (χ1n) is 5.28. The normalized spacial score (nSPS) is 15.9. The van der Waals surface area contributed by atoms with E-state index < -0.39 is 0 Å². The zero-order valence-electron chi connectivity index (χ0n) is 8.88. The number of likely N-dealkylation sites (N-methyl/N-ethyl adjacent to an activating group) is 1. The van der Waals surface area contributed by atoms with Crippen LogP contribution in [0.15, 0.2) is 6.07 Å². The van der Waals surface area contributed by atoms with Crippen LogP contribution in [0.1, 0.15) is 36.0 Å². The molecule has 1 aliphatic rings. The van der Waals surface area contributed by atoms with Crippen molar-refractivity contribution < 1.29 is 0 Å². The van der Waals surface area contributed by atoms with Crippen LogP contribution < -0.4 is 5.32 Å². The van der Waals surface area contributed by atoms with Crippen LogP contribution in [-0.2, 0) is 6.42 Å². The highest BCUT2D eigenvalue weighted by Gasteiger charge is 2.25. The largest absolute Gasteiger partial charge is 0.319 e. The lowest BCUT2D eigenvalue weighted by molar-refractivity contribution is 0.742. The van der Waals surface area contributed by atoms with Crippen LogP contribution in [0.5, 0.6) is 0 Å². The molecule has 0 radical (unpaired) electrons. The molecule has 0 unspecified atom stereocenters. The van der Waals surface area contributed by atoms with Gasteiger partial charge in [0.15, 0.2) is 0 Å². The zero-order valence-corrected chi connectivity index (χ0v) is 8.88. The standard InChI is InChI=1S/C11H17N3/c1-8-7-10(9-3-4-9)14-11(13-8)5-6-12-2/h7,9,12H,3-6H2,1-2H3. The summed E-state index contributed by atoms with van der Waals surface area (Å²) in [5, 5.41) is 3.12. The number of hydrogen-bond donors (Lipinski definition) is 1. The highest BCUT2D eigenvalue weighted by Crippen LogP contribution is 2.38. The van der Waals surface area contributed by atoms with Crippen LogP contribution in [0.3, 0.4) is 0 Å². The van der Waals surface area contributed by atoms with E-state index in [-0.39, 0.29) is 0 Å². The quantitative estimate of drug-likeness (QED) is 0.782. The number of hydrogen-bond acceptors (Lipinski definition) is 3. The topological polar surface area (TPSA) is 37.8 Å². The zero-order chi connectivity index (χ0) is 9.97. The maximum Gasteiger partial charge on any atom is 0.130 e. The van der Waals surface area contributed by atoms with Gasteiger partial charge in [0.25, 0.3) is 0 Å². The Bertz CT molecular complexity index is 318. The number of aryl methyl sites for hydroxylation is 1. The molecule has 0 bridgehead atoms. The molecule has 3 nitrogen and oxygen atoms in total. The predicted molar refractivity (Wildman–Crippen MR) is 56.4 cm³/mol. The molecule has 0 atom stereocenters. The Morgan fingerprint density at radius 3 is 2.86 bits per heavy atom. The fraction of sp³-hybridized carbons (Fsp3) is 0.636. The van der Waals surface area contributed by atoms with Gasteiger partial charge in [-0.05, 0) is 32.9 Å². The van der Waals surface area contributed by atoms with Crippen molar-refractivity contribution in [3.63, 3.8) is 0 Å². The van der Waals surface area contributed by atoms with Gasteiger partial charge in [0.2, 0.25) is 0 Å². The van der Waals surface area contributed by atoms with Gasteiger partial charge in [0, 0.05) is 30.3 Å².